The van der Waals surface area contributed by atoms with Gasteiger partial charge in [0.15, 0.2) is 0 Å². The second-order valence-electron chi connectivity index (χ2n) is 5.57. The van der Waals surface area contributed by atoms with Crippen LogP contribution in [0.4, 0.5) is 11.4 Å². The highest BCUT2D eigenvalue weighted by Gasteiger charge is 2.09. The summed E-state index contributed by atoms with van der Waals surface area (Å²) in [5.41, 5.74) is 4.18. The van der Waals surface area contributed by atoms with Gasteiger partial charge in [0, 0.05) is 23.5 Å². The van der Waals surface area contributed by atoms with Crippen molar-refractivity contribution >= 4 is 17.3 Å². The van der Waals surface area contributed by atoms with Crippen LogP contribution in [0.2, 0.25) is 0 Å². The van der Waals surface area contributed by atoms with Crippen LogP contribution >= 0.6 is 0 Å². The van der Waals surface area contributed by atoms with Gasteiger partial charge in [0.2, 0.25) is 0 Å². The maximum atomic E-state index is 12.4. The predicted octanol–water partition coefficient (Wildman–Crippen LogP) is 2.32. The van der Waals surface area contributed by atoms with Crippen molar-refractivity contribution < 1.29 is 15.0 Å². The third-order valence-corrected chi connectivity index (χ3v) is 3.51. The van der Waals surface area contributed by atoms with Crippen molar-refractivity contribution in [1.29, 1.82) is 0 Å². The molecule has 0 heterocycles. The van der Waals surface area contributed by atoms with E-state index in [-0.39, 0.29) is 19.1 Å². The second kappa shape index (κ2) is 7.76. The lowest BCUT2D eigenvalue weighted by atomic mass is 10.1. The van der Waals surface area contributed by atoms with E-state index in [1.165, 1.54) is 0 Å². The van der Waals surface area contributed by atoms with Crippen LogP contribution in [0.3, 0.4) is 0 Å². The average Bonchev–Trinajstić information content (AvgIpc) is 2.55. The summed E-state index contributed by atoms with van der Waals surface area (Å²) in [5.74, 6) is -0.191. The monoisotopic (exact) mass is 314 g/mol. The standard InChI is InChI=1S/C18H22N2O3/c1-12-6-7-17(13(2)8-12)20-18(23)14-4-3-5-15(9-14)19-10-16(22)11-21/h3-9,16,19,21-22H,10-11H2,1-2H3,(H,20,23). The third kappa shape index (κ3) is 4.81. The van der Waals surface area contributed by atoms with Gasteiger partial charge in [0.05, 0.1) is 12.7 Å². The number of aliphatic hydroxyl groups is 2. The molecule has 0 radical (unpaired) electrons. The summed E-state index contributed by atoms with van der Waals surface area (Å²) >= 11 is 0. The fraction of sp³-hybridized carbons (Fsp3) is 0.278. The molecule has 0 saturated carbocycles. The Morgan fingerprint density at radius 3 is 2.65 bits per heavy atom. The van der Waals surface area contributed by atoms with Crippen LogP contribution in [0.25, 0.3) is 0 Å². The largest absolute Gasteiger partial charge is 0.394 e. The summed E-state index contributed by atoms with van der Waals surface area (Å²) in [6.07, 6.45) is -0.831. The molecule has 1 amide bonds. The number of carbonyl (C=O) groups is 1. The molecule has 5 nitrogen and oxygen atoms in total. The smallest absolute Gasteiger partial charge is 0.255 e. The number of amides is 1. The Kier molecular flexibility index (Phi) is 5.73. The number of hydrogen-bond acceptors (Lipinski definition) is 4. The van der Waals surface area contributed by atoms with Gasteiger partial charge in [-0.1, -0.05) is 23.8 Å². The fourth-order valence-electron chi connectivity index (χ4n) is 2.22. The predicted molar refractivity (Wildman–Crippen MR) is 91.9 cm³/mol. The molecule has 0 aliphatic carbocycles. The molecule has 2 rings (SSSR count). The van der Waals surface area contributed by atoms with E-state index in [2.05, 4.69) is 10.6 Å². The molecule has 2 aromatic rings. The van der Waals surface area contributed by atoms with Crippen molar-refractivity contribution in [3.8, 4) is 0 Å². The zero-order valence-electron chi connectivity index (χ0n) is 13.3. The Labute approximate surface area is 136 Å². The summed E-state index contributed by atoms with van der Waals surface area (Å²) in [5, 5.41) is 24.0. The number of aryl methyl sites for hydroxylation is 2. The molecular weight excluding hydrogens is 292 g/mol. The summed E-state index contributed by atoms with van der Waals surface area (Å²) in [6.45, 7) is 3.88. The van der Waals surface area contributed by atoms with Crippen LogP contribution in [0.1, 0.15) is 21.5 Å². The van der Waals surface area contributed by atoms with Gasteiger partial charge in [0.1, 0.15) is 0 Å². The number of aliphatic hydroxyl groups excluding tert-OH is 2. The van der Waals surface area contributed by atoms with Gasteiger partial charge >= 0.3 is 0 Å². The van der Waals surface area contributed by atoms with E-state index in [1.54, 1.807) is 24.3 Å². The number of benzene rings is 2. The highest BCUT2D eigenvalue weighted by molar-refractivity contribution is 6.05. The minimum atomic E-state index is -0.831. The molecule has 122 valence electrons. The molecule has 0 fully saturated rings. The van der Waals surface area contributed by atoms with Gasteiger partial charge in [-0.15, -0.1) is 0 Å². The van der Waals surface area contributed by atoms with Crippen LogP contribution in [0.15, 0.2) is 42.5 Å². The molecule has 0 spiro atoms. The van der Waals surface area contributed by atoms with Gasteiger partial charge in [-0.05, 0) is 43.7 Å². The molecule has 1 unspecified atom stereocenters. The molecule has 0 aliphatic heterocycles. The lowest BCUT2D eigenvalue weighted by Crippen LogP contribution is -2.23. The van der Waals surface area contributed by atoms with E-state index in [9.17, 15) is 9.90 Å². The minimum absolute atomic E-state index is 0.191. The normalized spacial score (nSPS) is 11.8. The maximum Gasteiger partial charge on any atom is 0.255 e. The van der Waals surface area contributed by atoms with Crippen molar-refractivity contribution in [2.45, 2.75) is 20.0 Å². The van der Waals surface area contributed by atoms with Crippen molar-refractivity contribution in [1.82, 2.24) is 0 Å². The van der Waals surface area contributed by atoms with Crippen molar-refractivity contribution in [3.63, 3.8) is 0 Å². The first kappa shape index (κ1) is 17.0. The van der Waals surface area contributed by atoms with Crippen LogP contribution < -0.4 is 10.6 Å². The molecule has 0 bridgehead atoms. The first-order valence-electron chi connectivity index (χ1n) is 7.51. The van der Waals surface area contributed by atoms with Crippen LogP contribution in [0, 0.1) is 13.8 Å². The van der Waals surface area contributed by atoms with Gasteiger partial charge in [-0.3, -0.25) is 4.79 Å². The number of hydrogen-bond donors (Lipinski definition) is 4. The maximum absolute atomic E-state index is 12.4. The molecule has 0 aromatic heterocycles. The minimum Gasteiger partial charge on any atom is -0.394 e. The first-order chi connectivity index (χ1) is 11.0. The number of anilines is 2. The zero-order valence-corrected chi connectivity index (χ0v) is 13.3. The molecule has 0 aliphatic rings. The van der Waals surface area contributed by atoms with Gasteiger partial charge < -0.3 is 20.8 Å². The van der Waals surface area contributed by atoms with Crippen molar-refractivity contribution in [3.05, 3.63) is 59.2 Å². The molecule has 0 saturated heterocycles. The Bertz CT molecular complexity index is 686. The molecule has 5 heteroatoms. The van der Waals surface area contributed by atoms with E-state index in [1.807, 2.05) is 32.0 Å². The van der Waals surface area contributed by atoms with Gasteiger partial charge in [-0.2, -0.15) is 0 Å². The Morgan fingerprint density at radius 1 is 1.17 bits per heavy atom. The quantitative estimate of drug-likeness (QED) is 0.659. The average molecular weight is 314 g/mol. The highest BCUT2D eigenvalue weighted by atomic mass is 16.3. The number of rotatable bonds is 6. The first-order valence-corrected chi connectivity index (χ1v) is 7.51. The summed E-state index contributed by atoms with van der Waals surface area (Å²) < 4.78 is 0. The third-order valence-electron chi connectivity index (χ3n) is 3.51. The molecule has 23 heavy (non-hydrogen) atoms. The Hall–Kier alpha value is -2.37. The molecule has 1 atom stereocenters. The number of nitrogens with one attached hydrogen (secondary N) is 2. The van der Waals surface area contributed by atoms with E-state index in [4.69, 9.17) is 5.11 Å². The topological polar surface area (TPSA) is 81.6 Å². The van der Waals surface area contributed by atoms with E-state index in [0.717, 1.165) is 16.8 Å². The second-order valence-corrected chi connectivity index (χ2v) is 5.57. The lowest BCUT2D eigenvalue weighted by Gasteiger charge is -2.12. The van der Waals surface area contributed by atoms with Crippen LogP contribution in [-0.4, -0.2) is 35.4 Å². The van der Waals surface area contributed by atoms with Gasteiger partial charge in [-0.25, -0.2) is 0 Å². The van der Waals surface area contributed by atoms with E-state index < -0.39 is 6.10 Å². The number of carbonyl (C=O) groups excluding carboxylic acids is 1. The van der Waals surface area contributed by atoms with Crippen LogP contribution in [0.5, 0.6) is 0 Å². The van der Waals surface area contributed by atoms with Crippen molar-refractivity contribution in [2.75, 3.05) is 23.8 Å². The molecule has 2 aromatic carbocycles. The fourth-order valence-corrected chi connectivity index (χ4v) is 2.22. The summed E-state index contributed by atoms with van der Waals surface area (Å²) in [4.78, 5) is 12.4. The lowest BCUT2D eigenvalue weighted by molar-refractivity contribution is 0.102. The van der Waals surface area contributed by atoms with Crippen LogP contribution in [-0.2, 0) is 0 Å². The van der Waals surface area contributed by atoms with E-state index in [0.29, 0.717) is 11.3 Å². The van der Waals surface area contributed by atoms with Crippen molar-refractivity contribution in [2.24, 2.45) is 0 Å². The summed E-state index contributed by atoms with van der Waals surface area (Å²) in [7, 11) is 0. The molecule has 4 N–H and O–H groups in total. The van der Waals surface area contributed by atoms with E-state index >= 15 is 0 Å². The highest BCUT2D eigenvalue weighted by Crippen LogP contribution is 2.18. The molecular formula is C18H22N2O3. The van der Waals surface area contributed by atoms with Gasteiger partial charge in [0.25, 0.3) is 5.91 Å². The SMILES string of the molecule is Cc1ccc(NC(=O)c2cccc(NCC(O)CO)c2)c(C)c1. The Balaban J connectivity index is 2.07. The summed E-state index contributed by atoms with van der Waals surface area (Å²) in [6, 6.07) is 12.9. The zero-order chi connectivity index (χ0) is 16.8. The Morgan fingerprint density at radius 2 is 1.96 bits per heavy atom.